The van der Waals surface area contributed by atoms with Gasteiger partial charge in [-0.05, 0) is 50.0 Å². The van der Waals surface area contributed by atoms with Crippen molar-refractivity contribution in [1.29, 1.82) is 0 Å². The van der Waals surface area contributed by atoms with Gasteiger partial charge in [0.2, 0.25) is 0 Å². The minimum atomic E-state index is -0.680. The van der Waals surface area contributed by atoms with Crippen molar-refractivity contribution < 1.29 is 5.11 Å². The van der Waals surface area contributed by atoms with Crippen LogP contribution in [-0.4, -0.2) is 27.9 Å². The van der Waals surface area contributed by atoms with E-state index < -0.39 is 11.1 Å². The lowest BCUT2D eigenvalue weighted by Gasteiger charge is -2.49. The molecule has 6 nitrogen and oxygen atoms in total. The molecule has 2 aliphatic heterocycles. The van der Waals surface area contributed by atoms with E-state index in [-0.39, 0.29) is 6.04 Å². The maximum Gasteiger partial charge on any atom is 0.158 e. The molecule has 0 saturated heterocycles. The summed E-state index contributed by atoms with van der Waals surface area (Å²) in [7, 11) is 0. The number of nitrogens with two attached hydrogens (primary N) is 1. The Balaban J connectivity index is 1.46. The second kappa shape index (κ2) is 7.09. The van der Waals surface area contributed by atoms with Gasteiger partial charge in [-0.15, -0.1) is 0 Å². The maximum absolute atomic E-state index is 10.2. The number of nitrogens with zero attached hydrogens (tertiary/aromatic N) is 3. The summed E-state index contributed by atoms with van der Waals surface area (Å²) in [6.45, 7) is 3.94. The predicted molar refractivity (Wildman–Crippen MR) is 132 cm³/mol. The predicted octanol–water partition coefficient (Wildman–Crippen LogP) is 4.10. The molecule has 0 amide bonds. The molecule has 1 aromatic heterocycles. The molecule has 6 heteroatoms. The number of aliphatic hydroxyl groups is 1. The molecular weight excluding hydrogens is 410 g/mol. The van der Waals surface area contributed by atoms with Crippen molar-refractivity contribution in [3.8, 4) is 22.4 Å². The highest BCUT2D eigenvalue weighted by molar-refractivity contribution is 5.95. The molecule has 33 heavy (non-hydrogen) atoms. The fraction of sp³-hybridized carbons (Fsp3) is 0.259. The van der Waals surface area contributed by atoms with E-state index in [2.05, 4.69) is 65.9 Å². The maximum atomic E-state index is 10.2. The Morgan fingerprint density at radius 1 is 1.06 bits per heavy atom. The van der Waals surface area contributed by atoms with Crippen LogP contribution in [0.1, 0.15) is 37.8 Å². The molecule has 0 bridgehead atoms. The van der Waals surface area contributed by atoms with Crippen LogP contribution in [0.25, 0.3) is 22.4 Å². The van der Waals surface area contributed by atoms with E-state index in [1.165, 1.54) is 0 Å². The molecule has 3 aromatic rings. The lowest BCUT2D eigenvalue weighted by molar-refractivity contribution is -0.0738. The number of aliphatic imine (C=N–C) groups is 1. The number of pyridine rings is 1. The number of anilines is 1. The SMILES string of the molecule is CC1C=C2N=Cc3cc(-c4ccccc4)c(-c4ccc([C@]5(N)C[C@](C)(O)C5)cc4)nc3N2N1. The number of rotatable bonds is 3. The molecule has 3 aliphatic rings. The van der Waals surface area contributed by atoms with E-state index in [1.807, 2.05) is 36.3 Å². The number of nitrogens with one attached hydrogen (secondary N) is 1. The zero-order valence-electron chi connectivity index (χ0n) is 18.8. The largest absolute Gasteiger partial charge is 0.390 e. The Kier molecular flexibility index (Phi) is 4.36. The molecule has 1 atom stereocenters. The Morgan fingerprint density at radius 3 is 2.48 bits per heavy atom. The molecule has 166 valence electrons. The van der Waals surface area contributed by atoms with E-state index in [0.29, 0.717) is 12.8 Å². The van der Waals surface area contributed by atoms with Gasteiger partial charge >= 0.3 is 0 Å². The van der Waals surface area contributed by atoms with Gasteiger partial charge in [0.05, 0.1) is 11.3 Å². The average Bonchev–Trinajstić information content (AvgIpc) is 3.18. The van der Waals surface area contributed by atoms with Crippen LogP contribution < -0.4 is 16.2 Å². The molecule has 1 saturated carbocycles. The van der Waals surface area contributed by atoms with E-state index in [9.17, 15) is 5.11 Å². The summed E-state index contributed by atoms with van der Waals surface area (Å²) in [5.74, 6) is 1.73. The first-order valence-corrected chi connectivity index (χ1v) is 11.4. The molecule has 2 aromatic carbocycles. The minimum Gasteiger partial charge on any atom is -0.390 e. The summed E-state index contributed by atoms with van der Waals surface area (Å²) in [6, 6.07) is 21.0. The fourth-order valence-corrected chi connectivity index (χ4v) is 5.33. The van der Waals surface area contributed by atoms with Crippen molar-refractivity contribution in [2.75, 3.05) is 5.01 Å². The van der Waals surface area contributed by atoms with Crippen LogP contribution in [0.4, 0.5) is 5.82 Å². The third-order valence-electron chi connectivity index (χ3n) is 6.75. The monoisotopic (exact) mass is 437 g/mol. The first-order chi connectivity index (χ1) is 15.8. The van der Waals surface area contributed by atoms with Crippen molar-refractivity contribution in [3.63, 3.8) is 0 Å². The Bertz CT molecular complexity index is 1290. The van der Waals surface area contributed by atoms with Gasteiger partial charge in [0.15, 0.2) is 5.82 Å². The molecule has 1 fully saturated rings. The van der Waals surface area contributed by atoms with Gasteiger partial charge in [-0.1, -0.05) is 54.6 Å². The highest BCUT2D eigenvalue weighted by Crippen LogP contribution is 2.46. The lowest BCUT2D eigenvalue weighted by atomic mass is 9.63. The van der Waals surface area contributed by atoms with Crippen LogP contribution in [0.15, 0.2) is 77.6 Å². The summed E-state index contributed by atoms with van der Waals surface area (Å²) in [4.78, 5) is 9.76. The van der Waals surface area contributed by atoms with E-state index in [1.54, 1.807) is 0 Å². The average molecular weight is 438 g/mol. The third-order valence-corrected chi connectivity index (χ3v) is 6.75. The van der Waals surface area contributed by atoms with Crippen molar-refractivity contribution >= 4 is 12.0 Å². The van der Waals surface area contributed by atoms with Gasteiger partial charge in [-0.2, -0.15) is 0 Å². The van der Waals surface area contributed by atoms with E-state index >= 15 is 0 Å². The topological polar surface area (TPSA) is 86.8 Å². The number of fused-ring (bicyclic) bond motifs is 3. The summed E-state index contributed by atoms with van der Waals surface area (Å²) in [5, 5.41) is 12.2. The van der Waals surface area contributed by atoms with E-state index in [0.717, 1.165) is 45.2 Å². The van der Waals surface area contributed by atoms with Gasteiger partial charge in [0, 0.05) is 34.5 Å². The van der Waals surface area contributed by atoms with Crippen LogP contribution in [0.3, 0.4) is 0 Å². The molecule has 3 heterocycles. The number of aromatic nitrogens is 1. The summed E-state index contributed by atoms with van der Waals surface area (Å²) in [5.41, 5.74) is 15.0. The summed E-state index contributed by atoms with van der Waals surface area (Å²) >= 11 is 0. The summed E-state index contributed by atoms with van der Waals surface area (Å²) in [6.07, 6.45) is 5.12. The van der Waals surface area contributed by atoms with Gasteiger partial charge < -0.3 is 10.8 Å². The number of benzene rings is 2. The quantitative estimate of drug-likeness (QED) is 0.574. The third kappa shape index (κ3) is 3.38. The molecule has 4 N–H and O–H groups in total. The van der Waals surface area contributed by atoms with Crippen LogP contribution in [-0.2, 0) is 5.54 Å². The van der Waals surface area contributed by atoms with Gasteiger partial charge in [0.25, 0.3) is 0 Å². The highest BCUT2D eigenvalue weighted by Gasteiger charge is 2.49. The van der Waals surface area contributed by atoms with E-state index in [4.69, 9.17) is 10.7 Å². The zero-order valence-corrected chi connectivity index (χ0v) is 18.8. The fourth-order valence-electron chi connectivity index (χ4n) is 5.33. The standard InChI is InChI=1S/C27H27N5O/c1-17-12-23-29-14-20-13-22(18-6-4-3-5-7-18)24(30-25(20)32(23)31-17)19-8-10-21(11-9-19)27(28)15-26(2,33)16-27/h3-14,17,31,33H,15-16,28H2,1-2H3/t17?,26-,27-. The second-order valence-electron chi connectivity index (χ2n) is 9.78. The van der Waals surface area contributed by atoms with Gasteiger partial charge in [-0.3, -0.25) is 0 Å². The van der Waals surface area contributed by atoms with Crippen LogP contribution in [0.2, 0.25) is 0 Å². The number of hydrazine groups is 1. The highest BCUT2D eigenvalue weighted by atomic mass is 16.3. The molecule has 6 rings (SSSR count). The first kappa shape index (κ1) is 20.3. The zero-order chi connectivity index (χ0) is 22.8. The van der Waals surface area contributed by atoms with Crippen molar-refractivity contribution in [2.45, 2.75) is 43.9 Å². The molecule has 0 radical (unpaired) electrons. The van der Waals surface area contributed by atoms with Crippen LogP contribution >= 0.6 is 0 Å². The molecule has 1 unspecified atom stereocenters. The Hall–Kier alpha value is -3.32. The Morgan fingerprint density at radius 2 is 1.79 bits per heavy atom. The molecular formula is C27H27N5O. The first-order valence-electron chi connectivity index (χ1n) is 11.4. The smallest absolute Gasteiger partial charge is 0.158 e. The molecule has 0 spiro atoms. The van der Waals surface area contributed by atoms with Crippen LogP contribution in [0, 0.1) is 0 Å². The second-order valence-corrected chi connectivity index (χ2v) is 9.78. The lowest BCUT2D eigenvalue weighted by Crippen LogP contribution is -2.58. The number of hydrogen-bond acceptors (Lipinski definition) is 6. The van der Waals surface area contributed by atoms with Crippen molar-refractivity contribution in [3.05, 3.63) is 83.7 Å². The van der Waals surface area contributed by atoms with Crippen LogP contribution in [0.5, 0.6) is 0 Å². The van der Waals surface area contributed by atoms with Gasteiger partial charge in [-0.25, -0.2) is 20.4 Å². The normalized spacial score (nSPS) is 27.6. The molecule has 1 aliphatic carbocycles. The number of hydrogen-bond donors (Lipinski definition) is 3. The van der Waals surface area contributed by atoms with Gasteiger partial charge in [0.1, 0.15) is 5.82 Å². The summed E-state index contributed by atoms with van der Waals surface area (Å²) < 4.78 is 0. The minimum absolute atomic E-state index is 0.196. The van der Waals surface area contributed by atoms with Crippen molar-refractivity contribution in [1.82, 2.24) is 10.4 Å². The Labute approximate surface area is 193 Å². The van der Waals surface area contributed by atoms with Crippen molar-refractivity contribution in [2.24, 2.45) is 10.7 Å².